The zero-order chi connectivity index (χ0) is 20.4. The molecular formula is C22H19ClN2O3S. The van der Waals surface area contributed by atoms with Crippen molar-refractivity contribution in [3.63, 3.8) is 0 Å². The Kier molecular flexibility index (Phi) is 5.56. The number of ether oxygens (including phenoxy) is 1. The van der Waals surface area contributed by atoms with Gasteiger partial charge in [-0.2, -0.15) is 0 Å². The minimum Gasteiger partial charge on any atom is -0.493 e. The zero-order valence-electron chi connectivity index (χ0n) is 15.8. The summed E-state index contributed by atoms with van der Waals surface area (Å²) < 4.78 is 6.95. The first kappa shape index (κ1) is 19.5. The third-order valence-corrected chi connectivity index (χ3v) is 5.89. The predicted octanol–water partition coefficient (Wildman–Crippen LogP) is 5.17. The van der Waals surface area contributed by atoms with Gasteiger partial charge in [0.25, 0.3) is 0 Å². The summed E-state index contributed by atoms with van der Waals surface area (Å²) in [6.07, 6.45) is 4.49. The number of aryl methyl sites for hydroxylation is 1. The molecule has 1 aromatic heterocycles. The first-order chi connectivity index (χ1) is 14.1. The van der Waals surface area contributed by atoms with Crippen molar-refractivity contribution in [1.29, 1.82) is 0 Å². The van der Waals surface area contributed by atoms with Crippen LogP contribution in [0.3, 0.4) is 0 Å². The van der Waals surface area contributed by atoms with Crippen molar-refractivity contribution in [2.24, 2.45) is 4.99 Å². The number of hydrogen-bond donors (Lipinski definition) is 1. The summed E-state index contributed by atoms with van der Waals surface area (Å²) in [6, 6.07) is 13.1. The third kappa shape index (κ3) is 3.99. The minimum absolute atomic E-state index is 0.0549. The van der Waals surface area contributed by atoms with Crippen LogP contribution in [-0.4, -0.2) is 22.5 Å². The largest absolute Gasteiger partial charge is 0.493 e. The molecule has 0 saturated carbocycles. The number of nitrogens with zero attached hydrogens (tertiary/aromatic N) is 2. The smallest absolute Gasteiger partial charge is 0.310 e. The van der Waals surface area contributed by atoms with Crippen molar-refractivity contribution in [2.75, 3.05) is 6.61 Å². The lowest BCUT2D eigenvalue weighted by Crippen LogP contribution is -2.17. The Morgan fingerprint density at radius 1 is 1.24 bits per heavy atom. The molecule has 0 aliphatic carbocycles. The number of fused-ring (bicyclic) bond motifs is 1. The van der Waals surface area contributed by atoms with Crippen molar-refractivity contribution in [3.05, 3.63) is 73.2 Å². The number of hydrogen-bond acceptors (Lipinski definition) is 5. The van der Waals surface area contributed by atoms with Gasteiger partial charge in [0.2, 0.25) is 5.88 Å². The van der Waals surface area contributed by atoms with Crippen LogP contribution in [0, 0.1) is 0 Å². The summed E-state index contributed by atoms with van der Waals surface area (Å²) in [4.78, 5) is 17.1. The molecule has 0 atom stereocenters. The molecule has 3 aromatic rings. The Labute approximate surface area is 177 Å². The summed E-state index contributed by atoms with van der Waals surface area (Å²) in [6.45, 7) is 2.60. The first-order valence-corrected chi connectivity index (χ1v) is 10.4. The summed E-state index contributed by atoms with van der Waals surface area (Å²) in [7, 11) is 0. The van der Waals surface area contributed by atoms with E-state index in [1.165, 1.54) is 10.1 Å². The van der Waals surface area contributed by atoms with Crippen LogP contribution in [0.5, 0.6) is 11.6 Å². The molecule has 0 fully saturated rings. The fourth-order valence-corrected chi connectivity index (χ4v) is 4.20. The van der Waals surface area contributed by atoms with Gasteiger partial charge in [0.05, 0.1) is 17.1 Å². The number of rotatable bonds is 6. The van der Waals surface area contributed by atoms with Gasteiger partial charge in [0.15, 0.2) is 0 Å². The molecule has 29 heavy (non-hydrogen) atoms. The van der Waals surface area contributed by atoms with E-state index in [0.717, 1.165) is 34.6 Å². The maximum absolute atomic E-state index is 12.4. The lowest BCUT2D eigenvalue weighted by atomic mass is 10.0. The first-order valence-electron chi connectivity index (χ1n) is 9.26. The third-order valence-electron chi connectivity index (χ3n) is 4.72. The second kappa shape index (κ2) is 8.27. The van der Waals surface area contributed by atoms with Crippen molar-refractivity contribution in [1.82, 2.24) is 4.57 Å². The maximum Gasteiger partial charge on any atom is 0.310 e. The van der Waals surface area contributed by atoms with E-state index in [4.69, 9.17) is 16.3 Å². The van der Waals surface area contributed by atoms with E-state index in [-0.39, 0.29) is 23.9 Å². The van der Waals surface area contributed by atoms with Gasteiger partial charge in [-0.15, -0.1) is 0 Å². The Morgan fingerprint density at radius 3 is 2.79 bits per heavy atom. The van der Waals surface area contributed by atoms with E-state index < -0.39 is 0 Å². The Hall–Kier alpha value is -2.83. The molecule has 0 unspecified atom stereocenters. The zero-order valence-corrected chi connectivity index (χ0v) is 17.3. The van der Waals surface area contributed by atoms with E-state index in [0.29, 0.717) is 15.6 Å². The summed E-state index contributed by atoms with van der Waals surface area (Å²) in [5.41, 5.74) is 4.04. The molecular weight excluding hydrogens is 408 g/mol. The Balaban J connectivity index is 1.53. The van der Waals surface area contributed by atoms with Crippen LogP contribution in [-0.2, 0) is 13.0 Å². The average molecular weight is 427 g/mol. The molecule has 4 rings (SSSR count). The van der Waals surface area contributed by atoms with Crippen molar-refractivity contribution in [3.8, 4) is 11.6 Å². The Morgan fingerprint density at radius 2 is 2.03 bits per heavy atom. The number of aliphatic imine (C=N–C) groups is 1. The molecule has 148 valence electrons. The van der Waals surface area contributed by atoms with E-state index in [1.807, 2.05) is 18.2 Å². The Bertz CT molecular complexity index is 1160. The van der Waals surface area contributed by atoms with Crippen LogP contribution >= 0.6 is 22.9 Å². The number of benzene rings is 2. The summed E-state index contributed by atoms with van der Waals surface area (Å²) >= 11 is 6.86. The number of allylic oxidation sites excluding steroid dienone is 1. The van der Waals surface area contributed by atoms with E-state index in [9.17, 15) is 9.90 Å². The second-order valence-electron chi connectivity index (χ2n) is 6.53. The summed E-state index contributed by atoms with van der Waals surface area (Å²) in [5.74, 6) is 0.603. The van der Waals surface area contributed by atoms with Crippen LogP contribution < -0.4 is 9.61 Å². The molecule has 0 radical (unpaired) electrons. The van der Waals surface area contributed by atoms with Crippen LogP contribution in [0.25, 0.3) is 11.6 Å². The predicted molar refractivity (Wildman–Crippen MR) is 119 cm³/mol. The molecule has 5 nitrogen and oxygen atoms in total. The van der Waals surface area contributed by atoms with Gasteiger partial charge in [-0.3, -0.25) is 14.4 Å². The molecule has 1 aliphatic rings. The van der Waals surface area contributed by atoms with Gasteiger partial charge in [-0.25, -0.2) is 0 Å². The highest BCUT2D eigenvalue weighted by molar-refractivity contribution is 7.10. The highest BCUT2D eigenvalue weighted by atomic mass is 35.5. The average Bonchev–Trinajstić information content (AvgIpc) is 3.25. The molecule has 2 heterocycles. The molecule has 1 N–H and O–H groups in total. The standard InChI is InChI=1S/C22H19ClN2O3S/c1-2-14-4-3-5-18-15(13-24-20(14)18)12-19-21(26)25(22(27)29-19)10-11-28-17-8-6-16(23)7-9-17/h3-9,12-13,26H,2,10-11H2,1H3/b15-12+. The van der Waals surface area contributed by atoms with E-state index in [2.05, 4.69) is 18.0 Å². The molecule has 0 saturated heterocycles. The van der Waals surface area contributed by atoms with Gasteiger partial charge in [0.1, 0.15) is 12.4 Å². The normalized spacial score (nSPS) is 13.8. The number of para-hydroxylation sites is 1. The van der Waals surface area contributed by atoms with Crippen LogP contribution in [0.2, 0.25) is 5.02 Å². The van der Waals surface area contributed by atoms with Crippen LogP contribution in [0.1, 0.15) is 22.9 Å². The van der Waals surface area contributed by atoms with E-state index in [1.54, 1.807) is 30.5 Å². The van der Waals surface area contributed by atoms with Crippen molar-refractivity contribution in [2.45, 2.75) is 19.9 Å². The van der Waals surface area contributed by atoms with Crippen molar-refractivity contribution >= 4 is 46.5 Å². The fourth-order valence-electron chi connectivity index (χ4n) is 3.21. The van der Waals surface area contributed by atoms with Gasteiger partial charge in [0, 0.05) is 22.4 Å². The SMILES string of the molecule is CCc1cccc2c1N=C/C2=C\c1sc(=O)n(CCOc2ccc(Cl)cc2)c1O. The number of halogens is 1. The fraction of sp³-hybridized carbons (Fsp3) is 0.182. The summed E-state index contributed by atoms with van der Waals surface area (Å²) in [5, 5.41) is 11.2. The van der Waals surface area contributed by atoms with Crippen LogP contribution in [0.15, 0.2) is 52.3 Å². The van der Waals surface area contributed by atoms with Gasteiger partial charge < -0.3 is 9.84 Å². The van der Waals surface area contributed by atoms with Gasteiger partial charge in [-0.05, 0) is 42.3 Å². The highest BCUT2D eigenvalue weighted by Crippen LogP contribution is 2.37. The molecule has 0 spiro atoms. The molecule has 0 bridgehead atoms. The minimum atomic E-state index is -0.230. The van der Waals surface area contributed by atoms with Crippen LogP contribution in [0.4, 0.5) is 5.69 Å². The number of aromatic nitrogens is 1. The molecule has 1 aliphatic heterocycles. The maximum atomic E-state index is 12.4. The van der Waals surface area contributed by atoms with Gasteiger partial charge >= 0.3 is 4.87 Å². The number of aromatic hydroxyl groups is 1. The number of thiazole rings is 1. The van der Waals surface area contributed by atoms with E-state index >= 15 is 0 Å². The molecule has 7 heteroatoms. The highest BCUT2D eigenvalue weighted by Gasteiger charge is 2.18. The quantitative estimate of drug-likeness (QED) is 0.591. The van der Waals surface area contributed by atoms with Crippen molar-refractivity contribution < 1.29 is 9.84 Å². The lowest BCUT2D eigenvalue weighted by Gasteiger charge is -2.07. The monoisotopic (exact) mass is 426 g/mol. The second-order valence-corrected chi connectivity index (χ2v) is 7.96. The molecule has 0 amide bonds. The van der Waals surface area contributed by atoms with Gasteiger partial charge in [-0.1, -0.05) is 48.1 Å². The molecule has 2 aromatic carbocycles. The lowest BCUT2D eigenvalue weighted by molar-refractivity contribution is 0.286. The topological polar surface area (TPSA) is 63.8 Å².